The molecule has 0 atom stereocenters. The summed E-state index contributed by atoms with van der Waals surface area (Å²) in [6.07, 6.45) is 0. The number of benzene rings is 2. The number of hydrogen-bond donors (Lipinski definition) is 0. The predicted molar refractivity (Wildman–Crippen MR) is 113 cm³/mol. The zero-order chi connectivity index (χ0) is 20.3. The summed E-state index contributed by atoms with van der Waals surface area (Å²) in [5, 5.41) is 8.58. The van der Waals surface area contributed by atoms with Crippen molar-refractivity contribution in [1.82, 2.24) is 15.1 Å². The molecule has 0 N–H and O–H groups in total. The average Bonchev–Trinajstić information content (AvgIpc) is 2.75. The Kier molecular flexibility index (Phi) is 5.80. The summed E-state index contributed by atoms with van der Waals surface area (Å²) in [6.45, 7) is 4.41. The minimum atomic E-state index is -3.71. The molecule has 0 bridgehead atoms. The molecular weight excluding hydrogens is 408 g/mol. The fourth-order valence-electron chi connectivity index (χ4n) is 3.34. The van der Waals surface area contributed by atoms with E-state index < -0.39 is 9.84 Å². The van der Waals surface area contributed by atoms with Crippen LogP contribution in [0, 0.1) is 0 Å². The predicted octanol–water partition coefficient (Wildman–Crippen LogP) is 3.29. The van der Waals surface area contributed by atoms with Crippen molar-refractivity contribution in [3.63, 3.8) is 0 Å². The number of hydrogen-bond acceptors (Lipinski definition) is 6. The van der Waals surface area contributed by atoms with Gasteiger partial charge in [0.2, 0.25) is 9.84 Å². The van der Waals surface area contributed by atoms with Gasteiger partial charge in [-0.05, 0) is 42.0 Å². The van der Waals surface area contributed by atoms with Crippen LogP contribution in [0.4, 0.5) is 5.82 Å². The Morgan fingerprint density at radius 3 is 2.14 bits per heavy atom. The lowest BCUT2D eigenvalue weighted by molar-refractivity contribution is 0.249. The number of nitrogens with zero attached hydrogens (tertiary/aromatic N) is 4. The highest BCUT2D eigenvalue weighted by atomic mass is 35.5. The van der Waals surface area contributed by atoms with Crippen LogP contribution in [0.1, 0.15) is 5.56 Å². The number of sulfone groups is 1. The quantitative estimate of drug-likeness (QED) is 0.621. The standard InChI is InChI=1S/C21H21ClN4O2S/c22-18-6-8-19(9-7-18)29(27,28)21-11-10-20(23-24-21)26-14-12-25(13-15-26)16-17-4-2-1-3-5-17/h1-11H,12-16H2. The normalized spacial score (nSPS) is 15.4. The monoisotopic (exact) mass is 428 g/mol. The van der Waals surface area contributed by atoms with Gasteiger partial charge in [0.05, 0.1) is 4.90 Å². The lowest BCUT2D eigenvalue weighted by atomic mass is 10.2. The first-order valence-corrected chi connectivity index (χ1v) is 11.2. The highest BCUT2D eigenvalue weighted by Crippen LogP contribution is 2.22. The van der Waals surface area contributed by atoms with Crippen molar-refractivity contribution in [3.8, 4) is 0 Å². The van der Waals surface area contributed by atoms with E-state index in [0.29, 0.717) is 10.8 Å². The third-order valence-corrected chi connectivity index (χ3v) is 6.88. The van der Waals surface area contributed by atoms with E-state index in [-0.39, 0.29) is 9.92 Å². The second-order valence-corrected chi connectivity index (χ2v) is 9.27. The van der Waals surface area contributed by atoms with Crippen molar-refractivity contribution in [2.24, 2.45) is 0 Å². The van der Waals surface area contributed by atoms with E-state index in [0.717, 1.165) is 32.7 Å². The Labute approximate surface area is 175 Å². The van der Waals surface area contributed by atoms with Crippen LogP contribution in [0.3, 0.4) is 0 Å². The summed E-state index contributed by atoms with van der Waals surface area (Å²) in [5.41, 5.74) is 1.30. The molecule has 2 heterocycles. The van der Waals surface area contributed by atoms with Gasteiger partial charge in [0, 0.05) is 37.7 Å². The molecule has 2 aromatic carbocycles. The van der Waals surface area contributed by atoms with Crippen LogP contribution < -0.4 is 4.90 Å². The van der Waals surface area contributed by atoms with Crippen molar-refractivity contribution < 1.29 is 8.42 Å². The molecule has 150 valence electrons. The first-order chi connectivity index (χ1) is 14.0. The van der Waals surface area contributed by atoms with Gasteiger partial charge in [-0.25, -0.2) is 8.42 Å². The van der Waals surface area contributed by atoms with Gasteiger partial charge in [-0.3, -0.25) is 4.90 Å². The van der Waals surface area contributed by atoms with E-state index >= 15 is 0 Å². The van der Waals surface area contributed by atoms with Gasteiger partial charge < -0.3 is 4.90 Å². The number of anilines is 1. The van der Waals surface area contributed by atoms with E-state index in [1.807, 2.05) is 6.07 Å². The highest BCUT2D eigenvalue weighted by Gasteiger charge is 2.22. The first-order valence-electron chi connectivity index (χ1n) is 9.38. The number of piperazine rings is 1. The maximum Gasteiger partial charge on any atom is 0.225 e. The molecule has 0 spiro atoms. The van der Waals surface area contributed by atoms with Crippen LogP contribution in [0.25, 0.3) is 0 Å². The topological polar surface area (TPSA) is 66.4 Å². The maximum atomic E-state index is 12.7. The van der Waals surface area contributed by atoms with E-state index in [1.54, 1.807) is 18.2 Å². The van der Waals surface area contributed by atoms with Gasteiger partial charge in [-0.2, -0.15) is 0 Å². The van der Waals surface area contributed by atoms with Crippen molar-refractivity contribution in [2.75, 3.05) is 31.1 Å². The summed E-state index contributed by atoms with van der Waals surface area (Å²) < 4.78 is 25.4. The summed E-state index contributed by atoms with van der Waals surface area (Å²) in [6, 6.07) is 19.7. The molecule has 1 saturated heterocycles. The molecule has 0 unspecified atom stereocenters. The Balaban J connectivity index is 1.40. The van der Waals surface area contributed by atoms with E-state index in [4.69, 9.17) is 11.6 Å². The van der Waals surface area contributed by atoms with E-state index in [9.17, 15) is 8.42 Å². The van der Waals surface area contributed by atoms with Crippen LogP contribution in [0.2, 0.25) is 5.02 Å². The first kappa shape index (κ1) is 19.8. The molecule has 1 aromatic heterocycles. The Hall–Kier alpha value is -2.48. The van der Waals surface area contributed by atoms with E-state index in [2.05, 4.69) is 44.3 Å². The van der Waals surface area contributed by atoms with Gasteiger partial charge >= 0.3 is 0 Å². The lowest BCUT2D eigenvalue weighted by Gasteiger charge is -2.35. The molecule has 4 rings (SSSR count). The fraction of sp³-hybridized carbons (Fsp3) is 0.238. The molecule has 1 fully saturated rings. The van der Waals surface area contributed by atoms with Crippen molar-refractivity contribution in [2.45, 2.75) is 16.5 Å². The van der Waals surface area contributed by atoms with Crippen LogP contribution in [-0.4, -0.2) is 49.7 Å². The number of aromatic nitrogens is 2. The van der Waals surface area contributed by atoms with Gasteiger partial charge in [0.15, 0.2) is 10.8 Å². The minimum Gasteiger partial charge on any atom is -0.353 e. The molecular formula is C21H21ClN4O2S. The van der Waals surface area contributed by atoms with E-state index in [1.165, 1.54) is 23.8 Å². The molecule has 1 aliphatic rings. The van der Waals surface area contributed by atoms with Crippen molar-refractivity contribution in [1.29, 1.82) is 0 Å². The third kappa shape index (κ3) is 4.58. The zero-order valence-corrected chi connectivity index (χ0v) is 17.4. The van der Waals surface area contributed by atoms with Crippen LogP contribution >= 0.6 is 11.6 Å². The smallest absolute Gasteiger partial charge is 0.225 e. The lowest BCUT2D eigenvalue weighted by Crippen LogP contribution is -2.46. The Morgan fingerprint density at radius 1 is 0.828 bits per heavy atom. The fourth-order valence-corrected chi connectivity index (χ4v) is 4.59. The van der Waals surface area contributed by atoms with Gasteiger partial charge in [-0.15, -0.1) is 10.2 Å². The largest absolute Gasteiger partial charge is 0.353 e. The summed E-state index contributed by atoms with van der Waals surface area (Å²) in [4.78, 5) is 4.68. The molecule has 29 heavy (non-hydrogen) atoms. The molecule has 6 nitrogen and oxygen atoms in total. The molecule has 0 amide bonds. The average molecular weight is 429 g/mol. The SMILES string of the molecule is O=S(=O)(c1ccc(Cl)cc1)c1ccc(N2CCN(Cc3ccccc3)CC2)nn1. The van der Waals surface area contributed by atoms with Crippen molar-refractivity contribution in [3.05, 3.63) is 77.3 Å². The molecule has 3 aromatic rings. The van der Waals surface area contributed by atoms with Crippen LogP contribution in [-0.2, 0) is 16.4 Å². The number of halogens is 1. The van der Waals surface area contributed by atoms with Gasteiger partial charge in [-0.1, -0.05) is 41.9 Å². The molecule has 0 aliphatic carbocycles. The second-order valence-electron chi connectivity index (χ2n) is 6.94. The molecule has 0 radical (unpaired) electrons. The van der Waals surface area contributed by atoms with Gasteiger partial charge in [0.25, 0.3) is 0 Å². The minimum absolute atomic E-state index is 0.0636. The highest BCUT2D eigenvalue weighted by molar-refractivity contribution is 7.91. The summed E-state index contributed by atoms with van der Waals surface area (Å²) >= 11 is 5.84. The molecule has 8 heteroatoms. The third-order valence-electron chi connectivity index (χ3n) is 4.97. The summed E-state index contributed by atoms with van der Waals surface area (Å²) in [7, 11) is -3.71. The van der Waals surface area contributed by atoms with Gasteiger partial charge in [0.1, 0.15) is 0 Å². The maximum absolute atomic E-state index is 12.7. The summed E-state index contributed by atoms with van der Waals surface area (Å²) in [5.74, 6) is 0.694. The molecule has 1 aliphatic heterocycles. The Bertz CT molecular complexity index is 1050. The van der Waals surface area contributed by atoms with Crippen LogP contribution in [0.15, 0.2) is 76.7 Å². The second kappa shape index (κ2) is 8.49. The molecule has 0 saturated carbocycles. The van der Waals surface area contributed by atoms with Crippen LogP contribution in [0.5, 0.6) is 0 Å². The zero-order valence-electron chi connectivity index (χ0n) is 15.8. The number of rotatable bonds is 5. The van der Waals surface area contributed by atoms with Crippen molar-refractivity contribution >= 4 is 27.3 Å². The Morgan fingerprint density at radius 2 is 1.52 bits per heavy atom.